The standard InChI is InChI=1S/C30H29Cl2N3O5/c1-18-7-9-20(10-8-18)29(39)34-13-4-14-35(30(40)23-12-11-22(31)16-24(23)32)28(34)27(38)33-25(17-26(36)37)21-6-3-5-19(2)15-21/h3,5-12,15-16,25,28H,4,13-14,17H2,1-2H3,(H,33,38)(H,36,37). The smallest absolute Gasteiger partial charge is 0.305 e. The molecule has 8 nitrogen and oxygen atoms in total. The molecule has 3 aromatic rings. The highest BCUT2D eigenvalue weighted by atomic mass is 35.5. The van der Waals surface area contributed by atoms with Crippen molar-refractivity contribution in [1.82, 2.24) is 15.1 Å². The summed E-state index contributed by atoms with van der Waals surface area (Å²) in [5, 5.41) is 12.9. The molecule has 2 unspecified atom stereocenters. The number of carbonyl (C=O) groups is 4. The Bertz CT molecular complexity index is 1440. The van der Waals surface area contributed by atoms with Crippen LogP contribution >= 0.6 is 23.2 Å². The van der Waals surface area contributed by atoms with Gasteiger partial charge >= 0.3 is 5.97 Å². The molecule has 2 atom stereocenters. The Morgan fingerprint density at radius 1 is 0.900 bits per heavy atom. The Balaban J connectivity index is 1.74. The maximum Gasteiger partial charge on any atom is 0.305 e. The quantitative estimate of drug-likeness (QED) is 0.396. The van der Waals surface area contributed by atoms with E-state index in [-0.39, 0.29) is 30.1 Å². The Labute approximate surface area is 242 Å². The number of aliphatic carboxylic acids is 1. The topological polar surface area (TPSA) is 107 Å². The SMILES string of the molecule is Cc1ccc(C(=O)N2CCCN(C(=O)c3ccc(Cl)cc3Cl)C2C(=O)NC(CC(=O)O)c2cccc(C)c2)cc1. The Morgan fingerprint density at radius 3 is 2.20 bits per heavy atom. The number of aryl methyl sites for hydroxylation is 2. The first-order valence-corrected chi connectivity index (χ1v) is 13.5. The normalized spacial score (nSPS) is 15.8. The Hall–Kier alpha value is -3.88. The number of carboxylic acid groups (broad SMARTS) is 1. The molecule has 4 rings (SSSR count). The molecule has 0 radical (unpaired) electrons. The molecule has 1 fully saturated rings. The van der Waals surface area contributed by atoms with E-state index >= 15 is 0 Å². The van der Waals surface area contributed by atoms with Crippen LogP contribution in [0.3, 0.4) is 0 Å². The van der Waals surface area contributed by atoms with Gasteiger partial charge in [-0.25, -0.2) is 0 Å². The predicted molar refractivity (Wildman–Crippen MR) is 152 cm³/mol. The number of carboxylic acids is 1. The molecule has 3 aromatic carbocycles. The third-order valence-electron chi connectivity index (χ3n) is 6.74. The fourth-order valence-electron chi connectivity index (χ4n) is 4.77. The highest BCUT2D eigenvalue weighted by Crippen LogP contribution is 2.27. The molecule has 1 aliphatic rings. The van der Waals surface area contributed by atoms with Crippen molar-refractivity contribution in [1.29, 1.82) is 0 Å². The average molecular weight is 582 g/mol. The minimum Gasteiger partial charge on any atom is -0.481 e. The zero-order chi connectivity index (χ0) is 29.0. The van der Waals surface area contributed by atoms with Crippen LogP contribution in [-0.2, 0) is 9.59 Å². The summed E-state index contributed by atoms with van der Waals surface area (Å²) < 4.78 is 0. The van der Waals surface area contributed by atoms with Crippen LogP contribution in [0.1, 0.15) is 56.3 Å². The second-order valence-corrected chi connectivity index (χ2v) is 10.6. The fourth-order valence-corrected chi connectivity index (χ4v) is 5.26. The van der Waals surface area contributed by atoms with Gasteiger partial charge < -0.3 is 20.2 Å². The molecule has 0 spiro atoms. The molecule has 1 heterocycles. The lowest BCUT2D eigenvalue weighted by molar-refractivity contribution is -0.138. The third kappa shape index (κ3) is 6.63. The highest BCUT2D eigenvalue weighted by Gasteiger charge is 2.42. The third-order valence-corrected chi connectivity index (χ3v) is 7.29. The zero-order valence-electron chi connectivity index (χ0n) is 22.1. The molecule has 1 saturated heterocycles. The maximum absolute atomic E-state index is 14.0. The van der Waals surface area contributed by atoms with Crippen molar-refractivity contribution in [3.63, 3.8) is 0 Å². The van der Waals surface area contributed by atoms with Gasteiger partial charge in [-0.15, -0.1) is 0 Å². The first-order chi connectivity index (χ1) is 19.0. The van der Waals surface area contributed by atoms with Crippen molar-refractivity contribution in [2.45, 2.75) is 38.9 Å². The minimum absolute atomic E-state index is 0.113. The van der Waals surface area contributed by atoms with Crippen LogP contribution in [0.25, 0.3) is 0 Å². The molecule has 0 saturated carbocycles. The number of hydrogen-bond acceptors (Lipinski definition) is 4. The van der Waals surface area contributed by atoms with Crippen LogP contribution in [-0.4, -0.2) is 57.9 Å². The molecule has 0 bridgehead atoms. The van der Waals surface area contributed by atoms with Crippen LogP contribution in [0.15, 0.2) is 66.7 Å². The van der Waals surface area contributed by atoms with Crippen molar-refractivity contribution in [2.75, 3.05) is 13.1 Å². The summed E-state index contributed by atoms with van der Waals surface area (Å²) in [6.07, 6.45) is -1.30. The molecule has 10 heteroatoms. The monoisotopic (exact) mass is 581 g/mol. The van der Waals surface area contributed by atoms with E-state index in [1.165, 1.54) is 28.0 Å². The second-order valence-electron chi connectivity index (χ2n) is 9.79. The first kappa shape index (κ1) is 29.1. The number of benzene rings is 3. The van der Waals surface area contributed by atoms with Gasteiger partial charge in [-0.05, 0) is 56.2 Å². The summed E-state index contributed by atoms with van der Waals surface area (Å²) in [6, 6.07) is 17.6. The van der Waals surface area contributed by atoms with Gasteiger partial charge in [0.25, 0.3) is 17.7 Å². The van der Waals surface area contributed by atoms with E-state index in [0.29, 0.717) is 22.6 Å². The molecule has 0 aliphatic carbocycles. The van der Waals surface area contributed by atoms with E-state index in [1.54, 1.807) is 42.5 Å². The maximum atomic E-state index is 14.0. The van der Waals surface area contributed by atoms with Crippen LogP contribution in [0, 0.1) is 13.8 Å². The molecule has 1 aliphatic heterocycles. The number of amides is 3. The van der Waals surface area contributed by atoms with Gasteiger partial charge in [0.2, 0.25) is 0 Å². The predicted octanol–water partition coefficient (Wildman–Crippen LogP) is 5.26. The van der Waals surface area contributed by atoms with E-state index in [9.17, 15) is 24.3 Å². The van der Waals surface area contributed by atoms with Crippen molar-refractivity contribution < 1.29 is 24.3 Å². The van der Waals surface area contributed by atoms with Crippen molar-refractivity contribution in [3.8, 4) is 0 Å². The lowest BCUT2D eigenvalue weighted by atomic mass is 10.0. The van der Waals surface area contributed by atoms with Gasteiger partial charge in [-0.1, -0.05) is 70.7 Å². The van der Waals surface area contributed by atoms with Gasteiger partial charge in [0.15, 0.2) is 6.17 Å². The van der Waals surface area contributed by atoms with E-state index in [2.05, 4.69) is 5.32 Å². The summed E-state index contributed by atoms with van der Waals surface area (Å²) in [5.74, 6) is -2.76. The first-order valence-electron chi connectivity index (χ1n) is 12.8. The van der Waals surface area contributed by atoms with E-state index in [1.807, 2.05) is 19.9 Å². The van der Waals surface area contributed by atoms with Crippen LogP contribution in [0.4, 0.5) is 0 Å². The lowest BCUT2D eigenvalue weighted by Crippen LogP contribution is -2.63. The molecular weight excluding hydrogens is 553 g/mol. The molecule has 2 N–H and O–H groups in total. The van der Waals surface area contributed by atoms with E-state index in [0.717, 1.165) is 11.1 Å². The van der Waals surface area contributed by atoms with Crippen molar-refractivity contribution in [3.05, 3.63) is 105 Å². The number of nitrogens with zero attached hydrogens (tertiary/aromatic N) is 2. The number of halogens is 2. The zero-order valence-corrected chi connectivity index (χ0v) is 23.6. The summed E-state index contributed by atoms with van der Waals surface area (Å²) in [7, 11) is 0. The molecule has 3 amide bonds. The van der Waals surface area contributed by atoms with Crippen molar-refractivity contribution in [2.24, 2.45) is 0 Å². The largest absolute Gasteiger partial charge is 0.481 e. The minimum atomic E-state index is -1.34. The number of rotatable bonds is 7. The Morgan fingerprint density at radius 2 is 1.57 bits per heavy atom. The van der Waals surface area contributed by atoms with Crippen LogP contribution in [0.2, 0.25) is 10.0 Å². The van der Waals surface area contributed by atoms with Gasteiger partial charge in [0, 0.05) is 23.7 Å². The fraction of sp³-hybridized carbons (Fsp3) is 0.267. The summed E-state index contributed by atoms with van der Waals surface area (Å²) in [4.78, 5) is 55.8. The van der Waals surface area contributed by atoms with E-state index < -0.39 is 35.9 Å². The van der Waals surface area contributed by atoms with Crippen LogP contribution < -0.4 is 5.32 Å². The molecular formula is C30H29Cl2N3O5. The Kier molecular flexibility index (Phi) is 9.12. The highest BCUT2D eigenvalue weighted by molar-refractivity contribution is 6.36. The number of hydrogen-bond donors (Lipinski definition) is 2. The van der Waals surface area contributed by atoms with Gasteiger partial charge in [0.05, 0.1) is 23.0 Å². The number of carbonyl (C=O) groups excluding carboxylic acids is 3. The van der Waals surface area contributed by atoms with Crippen molar-refractivity contribution >= 4 is 46.9 Å². The molecule has 40 heavy (non-hydrogen) atoms. The van der Waals surface area contributed by atoms with Gasteiger partial charge in [-0.2, -0.15) is 0 Å². The summed E-state index contributed by atoms with van der Waals surface area (Å²) in [5.41, 5.74) is 2.96. The van der Waals surface area contributed by atoms with Gasteiger partial charge in [-0.3, -0.25) is 19.2 Å². The molecule has 0 aromatic heterocycles. The van der Waals surface area contributed by atoms with E-state index in [4.69, 9.17) is 23.2 Å². The van der Waals surface area contributed by atoms with Gasteiger partial charge in [0.1, 0.15) is 0 Å². The lowest BCUT2D eigenvalue weighted by Gasteiger charge is -2.43. The molecule has 208 valence electrons. The second kappa shape index (κ2) is 12.5. The number of nitrogens with one attached hydrogen (secondary N) is 1. The average Bonchev–Trinajstić information content (AvgIpc) is 2.91. The summed E-state index contributed by atoms with van der Waals surface area (Å²) in [6.45, 7) is 4.16. The van der Waals surface area contributed by atoms with Crippen LogP contribution in [0.5, 0.6) is 0 Å². The summed E-state index contributed by atoms with van der Waals surface area (Å²) >= 11 is 12.4.